The number of carbonyl (C=O) groups is 2. The maximum Gasteiger partial charge on any atom is 0.263 e. The highest BCUT2D eigenvalue weighted by Gasteiger charge is 2.20. The van der Waals surface area contributed by atoms with Crippen LogP contribution >= 0.6 is 46.1 Å². The fourth-order valence-electron chi connectivity index (χ4n) is 2.55. The average Bonchev–Trinajstić information content (AvgIpc) is 3.01. The third kappa shape index (κ3) is 4.20. The molecule has 2 amide bonds. The topological polar surface area (TPSA) is 67.4 Å². The molecule has 3 aromatic rings. The second kappa shape index (κ2) is 8.57. The van der Waals surface area contributed by atoms with Gasteiger partial charge < -0.3 is 15.4 Å². The molecule has 0 atom stereocenters. The van der Waals surface area contributed by atoms with Crippen LogP contribution in [0, 0.1) is 6.92 Å². The Morgan fingerprint density at radius 1 is 1.11 bits per heavy atom. The minimum absolute atomic E-state index is 0.216. The van der Waals surface area contributed by atoms with Crippen molar-refractivity contribution in [2.75, 3.05) is 19.0 Å². The largest absolute Gasteiger partial charge is 0.495 e. The van der Waals surface area contributed by atoms with Gasteiger partial charge in [0.15, 0.2) is 0 Å². The molecular weight excluding hydrogens is 443 g/mol. The van der Waals surface area contributed by atoms with E-state index >= 15 is 0 Å². The number of ether oxygens (including phenoxy) is 1. The Morgan fingerprint density at radius 3 is 2.57 bits per heavy atom. The summed E-state index contributed by atoms with van der Waals surface area (Å²) in [6.07, 6.45) is 0. The van der Waals surface area contributed by atoms with Crippen LogP contribution in [0.25, 0.3) is 10.1 Å². The van der Waals surface area contributed by atoms with Gasteiger partial charge in [-0.05, 0) is 36.8 Å². The van der Waals surface area contributed by atoms with Gasteiger partial charge in [-0.15, -0.1) is 11.3 Å². The molecule has 1 heterocycles. The molecule has 0 fully saturated rings. The van der Waals surface area contributed by atoms with E-state index in [0.29, 0.717) is 31.6 Å². The summed E-state index contributed by atoms with van der Waals surface area (Å²) in [5.41, 5.74) is 1.45. The maximum absolute atomic E-state index is 12.5. The number of carbonyl (C=O) groups excluding carboxylic acids is 2. The molecule has 0 saturated heterocycles. The fourth-order valence-corrected chi connectivity index (χ4v) is 4.53. The smallest absolute Gasteiger partial charge is 0.263 e. The quantitative estimate of drug-likeness (QED) is 0.528. The number of anilines is 1. The van der Waals surface area contributed by atoms with Gasteiger partial charge in [-0.1, -0.05) is 40.9 Å². The predicted molar refractivity (Wildman–Crippen MR) is 116 cm³/mol. The molecule has 0 radical (unpaired) electrons. The van der Waals surface area contributed by atoms with Crippen LogP contribution in [-0.4, -0.2) is 25.5 Å². The first-order valence-electron chi connectivity index (χ1n) is 8.10. The summed E-state index contributed by atoms with van der Waals surface area (Å²) in [4.78, 5) is 25.0. The molecule has 0 unspecified atom stereocenters. The molecule has 0 aliphatic rings. The van der Waals surface area contributed by atoms with Gasteiger partial charge >= 0.3 is 0 Å². The number of halogens is 3. The predicted octanol–water partition coefficient (Wildman–Crippen LogP) is 5.55. The number of rotatable bonds is 5. The van der Waals surface area contributed by atoms with Crippen LogP contribution in [0.1, 0.15) is 15.2 Å². The first-order chi connectivity index (χ1) is 13.3. The molecule has 9 heteroatoms. The van der Waals surface area contributed by atoms with Crippen molar-refractivity contribution >= 4 is 73.7 Å². The summed E-state index contributed by atoms with van der Waals surface area (Å²) in [6.45, 7) is 1.63. The van der Waals surface area contributed by atoms with Gasteiger partial charge in [-0.2, -0.15) is 0 Å². The number of benzene rings is 2. The van der Waals surface area contributed by atoms with Gasteiger partial charge in [-0.25, -0.2) is 0 Å². The van der Waals surface area contributed by atoms with Gasteiger partial charge in [0, 0.05) is 16.1 Å². The second-order valence-electron chi connectivity index (χ2n) is 5.89. The number of fused-ring (bicyclic) bond motifs is 1. The van der Waals surface area contributed by atoms with Crippen LogP contribution in [0.4, 0.5) is 5.69 Å². The van der Waals surface area contributed by atoms with Crippen molar-refractivity contribution in [2.24, 2.45) is 0 Å². The minimum atomic E-state index is -0.459. The zero-order chi connectivity index (χ0) is 20.4. The second-order valence-corrected chi connectivity index (χ2v) is 8.11. The lowest BCUT2D eigenvalue weighted by molar-refractivity contribution is -0.115. The van der Waals surface area contributed by atoms with Crippen molar-refractivity contribution in [3.63, 3.8) is 0 Å². The molecule has 0 aliphatic carbocycles. The number of amides is 2. The monoisotopic (exact) mass is 456 g/mol. The molecule has 0 aliphatic heterocycles. The van der Waals surface area contributed by atoms with Gasteiger partial charge in [0.1, 0.15) is 15.6 Å². The van der Waals surface area contributed by atoms with E-state index in [1.807, 2.05) is 6.92 Å². The first-order valence-corrected chi connectivity index (χ1v) is 10.1. The number of aryl methyl sites for hydroxylation is 1. The summed E-state index contributed by atoms with van der Waals surface area (Å²) in [7, 11) is 1.51. The fraction of sp³-hybridized carbons (Fsp3) is 0.158. The molecular formula is C19H15Cl3N2O3S. The maximum atomic E-state index is 12.5. The van der Waals surface area contributed by atoms with Crippen LogP contribution in [0.5, 0.6) is 5.75 Å². The summed E-state index contributed by atoms with van der Waals surface area (Å²) in [5.74, 6) is -0.342. The summed E-state index contributed by atoms with van der Waals surface area (Å²) >= 11 is 19.7. The van der Waals surface area contributed by atoms with Crippen molar-refractivity contribution in [2.45, 2.75) is 6.92 Å². The minimum Gasteiger partial charge on any atom is -0.495 e. The van der Waals surface area contributed by atoms with Crippen LogP contribution in [0.2, 0.25) is 15.1 Å². The normalized spacial score (nSPS) is 10.8. The van der Waals surface area contributed by atoms with E-state index in [2.05, 4.69) is 10.6 Å². The number of nitrogens with one attached hydrogen (secondary N) is 2. The molecule has 2 N–H and O–H groups in total. The van der Waals surface area contributed by atoms with E-state index < -0.39 is 5.91 Å². The zero-order valence-corrected chi connectivity index (χ0v) is 17.9. The lowest BCUT2D eigenvalue weighted by Crippen LogP contribution is -2.32. The zero-order valence-electron chi connectivity index (χ0n) is 14.9. The van der Waals surface area contributed by atoms with E-state index in [-0.39, 0.29) is 22.4 Å². The highest BCUT2D eigenvalue weighted by Crippen LogP contribution is 2.42. The Kier molecular flexibility index (Phi) is 6.35. The Labute approximate surface area is 180 Å². The Balaban J connectivity index is 1.73. The Hall–Kier alpha value is -1.99. The average molecular weight is 458 g/mol. The van der Waals surface area contributed by atoms with Gasteiger partial charge in [-0.3, -0.25) is 9.59 Å². The van der Waals surface area contributed by atoms with Crippen molar-refractivity contribution in [1.29, 1.82) is 0 Å². The van der Waals surface area contributed by atoms with Crippen LogP contribution in [0.15, 0.2) is 30.3 Å². The van der Waals surface area contributed by atoms with Gasteiger partial charge in [0.05, 0.1) is 23.4 Å². The van der Waals surface area contributed by atoms with E-state index in [1.165, 1.54) is 7.11 Å². The molecule has 2 aromatic carbocycles. The lowest BCUT2D eigenvalue weighted by Gasteiger charge is -2.09. The van der Waals surface area contributed by atoms with Crippen LogP contribution in [0.3, 0.4) is 0 Å². The molecule has 28 heavy (non-hydrogen) atoms. The molecule has 0 bridgehead atoms. The summed E-state index contributed by atoms with van der Waals surface area (Å²) < 4.78 is 5.83. The van der Waals surface area contributed by atoms with Gasteiger partial charge in [0.25, 0.3) is 5.91 Å². The Bertz CT molecular complexity index is 1080. The Morgan fingerprint density at radius 2 is 1.86 bits per heavy atom. The molecule has 146 valence electrons. The van der Waals surface area contributed by atoms with E-state index in [0.717, 1.165) is 16.9 Å². The van der Waals surface area contributed by atoms with Crippen LogP contribution < -0.4 is 15.4 Å². The van der Waals surface area contributed by atoms with Crippen molar-refractivity contribution < 1.29 is 14.3 Å². The van der Waals surface area contributed by atoms with E-state index in [9.17, 15) is 9.59 Å². The molecule has 1 aromatic heterocycles. The lowest BCUT2D eigenvalue weighted by atomic mass is 10.2. The SMILES string of the molecule is COc1ccc2c(Cl)c(C(=O)NCC(=O)Nc3cc(Cl)ccc3C)sc2c1Cl. The summed E-state index contributed by atoms with van der Waals surface area (Å²) in [6, 6.07) is 8.61. The first kappa shape index (κ1) is 20.7. The third-order valence-corrected chi connectivity index (χ3v) is 6.46. The van der Waals surface area contributed by atoms with Crippen LogP contribution in [-0.2, 0) is 4.79 Å². The summed E-state index contributed by atoms with van der Waals surface area (Å²) in [5, 5.41) is 7.13. The van der Waals surface area contributed by atoms with Gasteiger partial charge in [0.2, 0.25) is 5.91 Å². The number of thiophene rings is 1. The standard InChI is InChI=1S/C19H15Cl3N2O3S/c1-9-3-4-10(20)7-12(9)24-14(25)8-23-19(26)18-15(21)11-5-6-13(27-2)16(22)17(11)28-18/h3-7H,8H2,1-2H3,(H,23,26)(H,24,25). The highest BCUT2D eigenvalue weighted by atomic mass is 35.5. The number of methoxy groups -OCH3 is 1. The van der Waals surface area contributed by atoms with Crippen molar-refractivity contribution in [3.05, 3.63) is 55.8 Å². The molecule has 0 saturated carbocycles. The molecule has 0 spiro atoms. The van der Waals surface area contributed by atoms with Crippen molar-refractivity contribution in [3.8, 4) is 5.75 Å². The highest BCUT2D eigenvalue weighted by molar-refractivity contribution is 7.22. The molecule has 3 rings (SSSR count). The molecule has 5 nitrogen and oxygen atoms in total. The van der Waals surface area contributed by atoms with Crippen molar-refractivity contribution in [1.82, 2.24) is 5.32 Å². The van der Waals surface area contributed by atoms with E-state index in [1.54, 1.807) is 30.3 Å². The number of hydrogen-bond acceptors (Lipinski definition) is 4. The van der Waals surface area contributed by atoms with E-state index in [4.69, 9.17) is 39.5 Å². The third-order valence-electron chi connectivity index (χ3n) is 4.01. The number of hydrogen-bond donors (Lipinski definition) is 2.